The van der Waals surface area contributed by atoms with Crippen LogP contribution >= 0.6 is 0 Å². The predicted molar refractivity (Wildman–Crippen MR) is 69.4 cm³/mol. The lowest BCUT2D eigenvalue weighted by Crippen LogP contribution is -2.35. The molecule has 100 valence electrons. The first-order valence-corrected chi connectivity index (χ1v) is 7.69. The fraction of sp³-hybridized carbons (Fsp3) is 0.636. The van der Waals surface area contributed by atoms with Gasteiger partial charge in [-0.05, 0) is 12.8 Å². The minimum Gasteiger partial charge on any atom is -0.364 e. The Bertz CT molecular complexity index is 579. The molecule has 6 nitrogen and oxygen atoms in total. The number of anilines is 1. The minimum absolute atomic E-state index is 0.209. The van der Waals surface area contributed by atoms with Gasteiger partial charge >= 0.3 is 0 Å². The summed E-state index contributed by atoms with van der Waals surface area (Å²) in [6, 6.07) is 0. The average molecular weight is 271 g/mol. The number of nitrogens with zero attached hydrogens (tertiary/aromatic N) is 2. The van der Waals surface area contributed by atoms with E-state index < -0.39 is 15.1 Å². The van der Waals surface area contributed by atoms with Crippen molar-refractivity contribution >= 4 is 15.7 Å². The molecule has 1 N–H and O–H groups in total. The maximum atomic E-state index is 11.8. The normalized spacial score (nSPS) is 22.6. The quantitative estimate of drug-likeness (QED) is 0.847. The molecule has 0 amide bonds. The molecule has 2 rings (SSSR count). The summed E-state index contributed by atoms with van der Waals surface area (Å²) in [7, 11) is -1.38. The summed E-state index contributed by atoms with van der Waals surface area (Å²) in [5.41, 5.74) is -0.245. The molecule has 7 heteroatoms. The highest BCUT2D eigenvalue weighted by Crippen LogP contribution is 2.19. The molecule has 1 atom stereocenters. The fourth-order valence-corrected chi connectivity index (χ4v) is 3.88. The van der Waals surface area contributed by atoms with Crippen LogP contribution in [0.15, 0.2) is 17.2 Å². The Hall–Kier alpha value is -1.37. The molecule has 1 aromatic heterocycles. The van der Waals surface area contributed by atoms with Gasteiger partial charge in [0.2, 0.25) is 0 Å². The predicted octanol–water partition coefficient (Wildman–Crippen LogP) is 0.159. The summed E-state index contributed by atoms with van der Waals surface area (Å²) in [5, 5.41) is 2.45. The van der Waals surface area contributed by atoms with Crippen molar-refractivity contribution in [2.75, 3.05) is 17.6 Å². The van der Waals surface area contributed by atoms with Crippen LogP contribution in [0.25, 0.3) is 0 Å². The van der Waals surface area contributed by atoms with Crippen LogP contribution in [0.1, 0.15) is 19.3 Å². The van der Waals surface area contributed by atoms with Crippen molar-refractivity contribution in [3.8, 4) is 0 Å². The van der Waals surface area contributed by atoms with E-state index in [9.17, 15) is 13.2 Å². The molecule has 0 saturated carbocycles. The van der Waals surface area contributed by atoms with Gasteiger partial charge in [0.1, 0.15) is 0 Å². The topological polar surface area (TPSA) is 81.1 Å². The zero-order valence-corrected chi connectivity index (χ0v) is 11.1. The molecule has 1 aromatic rings. The molecule has 1 aliphatic heterocycles. The van der Waals surface area contributed by atoms with Crippen LogP contribution in [0, 0.1) is 0 Å². The molecule has 0 aliphatic carbocycles. The third kappa shape index (κ3) is 2.72. The highest BCUT2D eigenvalue weighted by atomic mass is 32.2. The maximum absolute atomic E-state index is 11.8. The van der Waals surface area contributed by atoms with Gasteiger partial charge in [0.25, 0.3) is 5.56 Å². The minimum atomic E-state index is -3.02. The van der Waals surface area contributed by atoms with Crippen molar-refractivity contribution in [2.24, 2.45) is 7.05 Å². The van der Waals surface area contributed by atoms with Crippen molar-refractivity contribution in [1.29, 1.82) is 0 Å². The first-order valence-electron chi connectivity index (χ1n) is 5.98. The SMILES string of the molecule is Cn1ccnc(NCC2CCCCS2(=O)=O)c1=O. The second kappa shape index (κ2) is 5.09. The Labute approximate surface area is 106 Å². The van der Waals surface area contributed by atoms with Crippen molar-refractivity contribution < 1.29 is 8.42 Å². The molecule has 2 heterocycles. The van der Waals surface area contributed by atoms with E-state index in [-0.39, 0.29) is 23.7 Å². The number of aryl methyl sites for hydroxylation is 1. The van der Waals surface area contributed by atoms with Gasteiger partial charge < -0.3 is 9.88 Å². The molecule has 0 aromatic carbocycles. The van der Waals surface area contributed by atoms with E-state index in [1.807, 2.05) is 0 Å². The number of rotatable bonds is 3. The molecule has 0 bridgehead atoms. The number of hydrogen-bond donors (Lipinski definition) is 1. The van der Waals surface area contributed by atoms with Gasteiger partial charge in [-0.1, -0.05) is 6.42 Å². The zero-order chi connectivity index (χ0) is 13.2. The molecule has 1 unspecified atom stereocenters. The van der Waals surface area contributed by atoms with Crippen molar-refractivity contribution in [1.82, 2.24) is 9.55 Å². The second-order valence-corrected chi connectivity index (χ2v) is 6.96. The van der Waals surface area contributed by atoms with Crippen LogP contribution in [0.3, 0.4) is 0 Å². The fourth-order valence-electron chi connectivity index (χ4n) is 2.08. The van der Waals surface area contributed by atoms with Gasteiger partial charge in [-0.2, -0.15) is 0 Å². The van der Waals surface area contributed by atoms with E-state index in [2.05, 4.69) is 10.3 Å². The number of aromatic nitrogens is 2. The van der Waals surface area contributed by atoms with Gasteiger partial charge in [-0.25, -0.2) is 13.4 Å². The van der Waals surface area contributed by atoms with Crippen LogP contribution in [0.5, 0.6) is 0 Å². The largest absolute Gasteiger partial charge is 0.364 e. The molecule has 0 radical (unpaired) electrons. The molecular formula is C11H17N3O3S. The Balaban J connectivity index is 2.08. The lowest BCUT2D eigenvalue weighted by molar-refractivity contribution is 0.544. The Morgan fingerprint density at radius 3 is 3.00 bits per heavy atom. The summed E-state index contributed by atoms with van der Waals surface area (Å²) in [5.74, 6) is 0.459. The van der Waals surface area contributed by atoms with Gasteiger partial charge in [0.15, 0.2) is 15.7 Å². The Kier molecular flexibility index (Phi) is 3.70. The number of nitrogens with one attached hydrogen (secondary N) is 1. The third-order valence-corrected chi connectivity index (χ3v) is 5.50. The van der Waals surface area contributed by atoms with Crippen molar-refractivity contribution in [3.63, 3.8) is 0 Å². The summed E-state index contributed by atoms with van der Waals surface area (Å²) in [4.78, 5) is 15.6. The third-order valence-electron chi connectivity index (χ3n) is 3.23. The van der Waals surface area contributed by atoms with Crippen LogP contribution < -0.4 is 10.9 Å². The molecule has 1 aliphatic rings. The molecule has 1 fully saturated rings. The second-order valence-electron chi connectivity index (χ2n) is 4.56. The van der Waals surface area contributed by atoms with E-state index in [1.54, 1.807) is 13.2 Å². The average Bonchev–Trinajstić information content (AvgIpc) is 2.32. The van der Waals surface area contributed by atoms with Gasteiger partial charge in [-0.15, -0.1) is 0 Å². The molecule has 0 spiro atoms. The number of hydrogen-bond acceptors (Lipinski definition) is 5. The summed E-state index contributed by atoms with van der Waals surface area (Å²) in [6.07, 6.45) is 5.39. The van der Waals surface area contributed by atoms with Crippen molar-refractivity contribution in [2.45, 2.75) is 24.5 Å². The van der Waals surface area contributed by atoms with Crippen LogP contribution in [-0.4, -0.2) is 35.5 Å². The first kappa shape index (κ1) is 13.1. The van der Waals surface area contributed by atoms with Gasteiger partial charge in [0.05, 0.1) is 11.0 Å². The smallest absolute Gasteiger partial charge is 0.293 e. The Morgan fingerprint density at radius 2 is 2.28 bits per heavy atom. The van der Waals surface area contributed by atoms with E-state index in [0.717, 1.165) is 12.8 Å². The number of sulfone groups is 1. The Morgan fingerprint density at radius 1 is 1.50 bits per heavy atom. The standard InChI is InChI=1S/C11H17N3O3S/c1-14-6-5-12-10(11(14)15)13-8-9-4-2-3-7-18(9,16)17/h5-6,9H,2-4,7-8H2,1H3,(H,12,13). The first-order chi connectivity index (χ1) is 8.50. The maximum Gasteiger partial charge on any atom is 0.293 e. The van der Waals surface area contributed by atoms with E-state index >= 15 is 0 Å². The monoisotopic (exact) mass is 271 g/mol. The lowest BCUT2D eigenvalue weighted by atomic mass is 10.2. The van der Waals surface area contributed by atoms with Crippen LogP contribution in [0.4, 0.5) is 5.82 Å². The highest BCUT2D eigenvalue weighted by Gasteiger charge is 2.28. The van der Waals surface area contributed by atoms with E-state index in [4.69, 9.17) is 0 Å². The lowest BCUT2D eigenvalue weighted by Gasteiger charge is -2.22. The summed E-state index contributed by atoms with van der Waals surface area (Å²) < 4.78 is 25.0. The van der Waals surface area contributed by atoms with Crippen molar-refractivity contribution in [3.05, 3.63) is 22.7 Å². The molecular weight excluding hydrogens is 254 g/mol. The molecule has 18 heavy (non-hydrogen) atoms. The van der Waals surface area contributed by atoms with E-state index in [0.29, 0.717) is 6.42 Å². The van der Waals surface area contributed by atoms with Crippen LogP contribution in [-0.2, 0) is 16.9 Å². The van der Waals surface area contributed by atoms with Gasteiger partial charge in [0, 0.05) is 26.0 Å². The summed E-state index contributed by atoms with van der Waals surface area (Å²) in [6.45, 7) is 0.259. The summed E-state index contributed by atoms with van der Waals surface area (Å²) >= 11 is 0. The molecule has 1 saturated heterocycles. The van der Waals surface area contributed by atoms with Gasteiger partial charge in [-0.3, -0.25) is 4.79 Å². The zero-order valence-electron chi connectivity index (χ0n) is 10.3. The van der Waals surface area contributed by atoms with Crippen LogP contribution in [0.2, 0.25) is 0 Å². The highest BCUT2D eigenvalue weighted by molar-refractivity contribution is 7.92. The van der Waals surface area contributed by atoms with E-state index in [1.165, 1.54) is 10.8 Å².